The van der Waals surface area contributed by atoms with Gasteiger partial charge in [0.1, 0.15) is 23.5 Å². The van der Waals surface area contributed by atoms with Crippen LogP contribution in [-0.4, -0.2) is 29.3 Å². The van der Waals surface area contributed by atoms with Crippen LogP contribution in [0.3, 0.4) is 0 Å². The summed E-state index contributed by atoms with van der Waals surface area (Å²) >= 11 is 5.59. The summed E-state index contributed by atoms with van der Waals surface area (Å²) < 4.78 is 2.47. The van der Waals surface area contributed by atoms with E-state index in [9.17, 15) is 0 Å². The molecule has 0 heterocycles. The van der Waals surface area contributed by atoms with Gasteiger partial charge in [-0.15, -0.1) is 0 Å². The highest BCUT2D eigenvalue weighted by Crippen LogP contribution is 2.32. The summed E-state index contributed by atoms with van der Waals surface area (Å²) in [7, 11) is 0. The molecular formula is C22H35N4S+. The van der Waals surface area contributed by atoms with Crippen molar-refractivity contribution in [2.24, 2.45) is 0 Å². The first kappa shape index (κ1) is 21.4. The van der Waals surface area contributed by atoms with Crippen LogP contribution in [0.4, 0.5) is 17.1 Å². The zero-order valence-electron chi connectivity index (χ0n) is 18.0. The van der Waals surface area contributed by atoms with Gasteiger partial charge in [-0.2, -0.15) is 0 Å². The quantitative estimate of drug-likeness (QED) is 0.538. The maximum atomic E-state index is 5.59. The van der Waals surface area contributed by atoms with Gasteiger partial charge in [-0.25, -0.2) is 4.58 Å². The van der Waals surface area contributed by atoms with E-state index in [2.05, 4.69) is 75.5 Å². The highest BCUT2D eigenvalue weighted by Gasteiger charge is 2.38. The number of para-hydroxylation sites is 1. The molecule has 2 aromatic rings. The normalized spacial score (nSPS) is 11.7. The van der Waals surface area contributed by atoms with Gasteiger partial charge in [-0.1, -0.05) is 18.2 Å². The highest BCUT2D eigenvalue weighted by molar-refractivity contribution is 7.80. The molecule has 0 saturated heterocycles. The maximum absolute atomic E-state index is 5.59. The van der Waals surface area contributed by atoms with Crippen LogP contribution in [0.2, 0.25) is 0 Å². The van der Waals surface area contributed by atoms with E-state index in [1.165, 1.54) is 11.0 Å². The molecule has 0 unspecified atom stereocenters. The summed E-state index contributed by atoms with van der Waals surface area (Å²) in [6.45, 7) is 18.0. The Morgan fingerprint density at radius 2 is 1.37 bits per heavy atom. The number of nitrogens with one attached hydrogen (secondary N) is 2. The molecule has 0 aliphatic carbocycles. The van der Waals surface area contributed by atoms with Crippen LogP contribution in [0.25, 0.3) is 0 Å². The third kappa shape index (κ3) is 5.10. The molecule has 27 heavy (non-hydrogen) atoms. The minimum Gasteiger partial charge on any atom is -0.359 e. The summed E-state index contributed by atoms with van der Waals surface area (Å²) in [5, 5.41) is 8.67. The fraction of sp³-hybridized carbons (Fsp3) is 0.545. The Kier molecular flexibility index (Phi) is 7.04. The van der Waals surface area contributed by atoms with Crippen LogP contribution in [0, 0.1) is 0 Å². The standard InChI is InChI=1S/C22H34N4S/c1-14(2)25(15(3)4)20-19(21(20)26(16(5)6)17(7)8)24-22(27)23-18-12-10-9-11-13-18/h9-17H,1-8H3,(H,23,27)/p+1. The molecule has 0 aliphatic heterocycles. The zero-order valence-corrected chi connectivity index (χ0v) is 18.8. The van der Waals surface area contributed by atoms with Crippen molar-refractivity contribution in [2.75, 3.05) is 15.5 Å². The van der Waals surface area contributed by atoms with Gasteiger partial charge < -0.3 is 15.5 Å². The lowest BCUT2D eigenvalue weighted by Gasteiger charge is -2.29. The molecule has 0 bridgehead atoms. The molecule has 0 atom stereocenters. The van der Waals surface area contributed by atoms with Crippen LogP contribution in [0.1, 0.15) is 55.4 Å². The van der Waals surface area contributed by atoms with Gasteiger partial charge >= 0.3 is 0 Å². The van der Waals surface area contributed by atoms with Crippen molar-refractivity contribution in [3.05, 3.63) is 35.7 Å². The van der Waals surface area contributed by atoms with Crippen LogP contribution >= 0.6 is 12.2 Å². The second kappa shape index (κ2) is 8.87. The predicted molar refractivity (Wildman–Crippen MR) is 123 cm³/mol. The zero-order chi connectivity index (χ0) is 20.3. The highest BCUT2D eigenvalue weighted by atomic mass is 32.1. The fourth-order valence-electron chi connectivity index (χ4n) is 3.81. The Hall–Kier alpha value is -1.88. The molecule has 0 radical (unpaired) electrons. The Morgan fingerprint density at radius 3 is 1.81 bits per heavy atom. The van der Waals surface area contributed by atoms with E-state index in [-0.39, 0.29) is 0 Å². The van der Waals surface area contributed by atoms with Gasteiger partial charge in [0.2, 0.25) is 0 Å². The first-order valence-corrected chi connectivity index (χ1v) is 10.4. The van der Waals surface area contributed by atoms with Crippen LogP contribution in [-0.2, 0) is 0 Å². The Labute approximate surface area is 170 Å². The van der Waals surface area contributed by atoms with Gasteiger partial charge in [0, 0.05) is 17.8 Å². The number of rotatable bonds is 7. The van der Waals surface area contributed by atoms with Gasteiger partial charge in [-0.05, 0) is 79.7 Å². The van der Waals surface area contributed by atoms with Crippen LogP contribution in [0.5, 0.6) is 0 Å². The van der Waals surface area contributed by atoms with Crippen LogP contribution < -0.4 is 25.5 Å². The lowest BCUT2D eigenvalue weighted by Crippen LogP contribution is -2.41. The molecule has 148 valence electrons. The number of benzene rings is 1. The van der Waals surface area contributed by atoms with E-state index >= 15 is 0 Å². The average Bonchev–Trinajstić information content (AvgIpc) is 3.19. The average molecular weight is 388 g/mol. The number of nitrogens with zero attached hydrogens (tertiary/aromatic N) is 2. The van der Waals surface area contributed by atoms with Gasteiger partial charge in [0.15, 0.2) is 5.11 Å². The molecule has 0 aromatic heterocycles. The monoisotopic (exact) mass is 387 g/mol. The van der Waals surface area contributed by atoms with Crippen molar-refractivity contribution in [3.63, 3.8) is 0 Å². The van der Waals surface area contributed by atoms with E-state index in [4.69, 9.17) is 12.2 Å². The molecule has 0 spiro atoms. The Morgan fingerprint density at radius 1 is 0.852 bits per heavy atom. The SMILES string of the molecule is CC(C)N(c1c(NC(=S)Nc2ccccc2)c1=[N+](C(C)C)C(C)C)C(C)C. The van der Waals surface area contributed by atoms with Crippen molar-refractivity contribution in [1.29, 1.82) is 0 Å². The van der Waals surface area contributed by atoms with Crippen molar-refractivity contribution < 1.29 is 0 Å². The van der Waals surface area contributed by atoms with Crippen molar-refractivity contribution >= 4 is 34.4 Å². The van der Waals surface area contributed by atoms with E-state index in [1.807, 2.05) is 30.3 Å². The summed E-state index contributed by atoms with van der Waals surface area (Å²) in [5.41, 5.74) is 3.43. The molecule has 2 rings (SSSR count). The number of thiocarbonyl (C=S) groups is 1. The smallest absolute Gasteiger partial charge is 0.252 e. The summed E-state index contributed by atoms with van der Waals surface area (Å²) in [5.74, 6) is 0. The summed E-state index contributed by atoms with van der Waals surface area (Å²) in [4.78, 5) is 2.47. The predicted octanol–water partition coefficient (Wildman–Crippen LogP) is 4.58. The summed E-state index contributed by atoms with van der Waals surface area (Å²) in [6, 6.07) is 11.7. The van der Waals surface area contributed by atoms with E-state index in [1.54, 1.807) is 0 Å². The van der Waals surface area contributed by atoms with Crippen molar-refractivity contribution in [3.8, 4) is 0 Å². The van der Waals surface area contributed by atoms with Gasteiger partial charge in [0.25, 0.3) is 5.36 Å². The van der Waals surface area contributed by atoms with Gasteiger partial charge in [0.05, 0.1) is 0 Å². The molecule has 0 amide bonds. The fourth-order valence-corrected chi connectivity index (χ4v) is 4.03. The minimum atomic E-state index is 0.422. The Balaban J connectivity index is 2.40. The van der Waals surface area contributed by atoms with E-state index < -0.39 is 0 Å². The molecular weight excluding hydrogens is 352 g/mol. The first-order valence-electron chi connectivity index (χ1n) is 9.96. The molecule has 4 nitrogen and oxygen atoms in total. The topological polar surface area (TPSA) is 30.3 Å². The summed E-state index contributed by atoms with van der Waals surface area (Å²) in [6.07, 6.45) is 0. The minimum absolute atomic E-state index is 0.422. The molecule has 0 aliphatic rings. The number of anilines is 3. The van der Waals surface area contributed by atoms with Gasteiger partial charge in [-0.3, -0.25) is 0 Å². The second-order valence-corrected chi connectivity index (χ2v) is 8.62. The van der Waals surface area contributed by atoms with Crippen molar-refractivity contribution in [2.45, 2.75) is 79.6 Å². The number of hydrogen-bond donors (Lipinski definition) is 2. The maximum Gasteiger partial charge on any atom is 0.252 e. The molecule has 2 aromatic carbocycles. The number of hydrogen-bond acceptors (Lipinski definition) is 2. The molecule has 2 N–H and O–H groups in total. The Bertz CT molecular complexity index is 763. The van der Waals surface area contributed by atoms with E-state index in [0.717, 1.165) is 11.4 Å². The largest absolute Gasteiger partial charge is 0.359 e. The second-order valence-electron chi connectivity index (χ2n) is 8.21. The lowest BCUT2D eigenvalue weighted by atomic mass is 10.2. The van der Waals surface area contributed by atoms with Crippen LogP contribution in [0.15, 0.2) is 30.3 Å². The third-order valence-electron chi connectivity index (χ3n) is 4.65. The van der Waals surface area contributed by atoms with Crippen molar-refractivity contribution in [1.82, 2.24) is 4.58 Å². The third-order valence-corrected chi connectivity index (χ3v) is 4.85. The van der Waals surface area contributed by atoms with E-state index in [0.29, 0.717) is 29.3 Å². The lowest BCUT2D eigenvalue weighted by molar-refractivity contribution is 0.429. The first-order chi connectivity index (χ1) is 12.6. The molecule has 0 saturated carbocycles. The molecule has 5 heteroatoms. The molecule has 0 fully saturated rings.